The monoisotopic (exact) mass is 345 g/mol. The van der Waals surface area contributed by atoms with Crippen molar-refractivity contribution in [3.8, 4) is 17.4 Å². The van der Waals surface area contributed by atoms with Gasteiger partial charge in [0.05, 0.1) is 25.4 Å². The van der Waals surface area contributed by atoms with Crippen molar-refractivity contribution < 1.29 is 14.6 Å². The van der Waals surface area contributed by atoms with Gasteiger partial charge in [0.2, 0.25) is 5.88 Å². The molecule has 0 aliphatic heterocycles. The van der Waals surface area contributed by atoms with E-state index < -0.39 is 0 Å². The van der Waals surface area contributed by atoms with Crippen LogP contribution >= 0.6 is 11.6 Å². The molecule has 0 bridgehead atoms. The summed E-state index contributed by atoms with van der Waals surface area (Å²) in [5.41, 5.74) is 2.56. The number of fused-ring (bicyclic) bond motifs is 1. The van der Waals surface area contributed by atoms with Gasteiger partial charge < -0.3 is 19.6 Å². The number of aromatic amines is 1. The third-order valence-electron chi connectivity index (χ3n) is 3.69. The van der Waals surface area contributed by atoms with E-state index in [9.17, 15) is 5.11 Å². The fourth-order valence-corrected chi connectivity index (χ4v) is 2.55. The van der Waals surface area contributed by atoms with Crippen molar-refractivity contribution in [3.63, 3.8) is 0 Å². The molecule has 1 heterocycles. The summed E-state index contributed by atoms with van der Waals surface area (Å²) in [6, 6.07) is 8.84. The minimum atomic E-state index is -0.0799. The van der Waals surface area contributed by atoms with Gasteiger partial charge in [-0.2, -0.15) is 5.11 Å². The van der Waals surface area contributed by atoms with Crippen molar-refractivity contribution >= 4 is 33.9 Å². The number of aromatic hydroxyl groups is 1. The summed E-state index contributed by atoms with van der Waals surface area (Å²) in [6.07, 6.45) is 0. The van der Waals surface area contributed by atoms with E-state index in [-0.39, 0.29) is 5.88 Å². The summed E-state index contributed by atoms with van der Waals surface area (Å²) in [7, 11) is 3.10. The third kappa shape index (κ3) is 2.88. The number of methoxy groups -OCH3 is 2. The molecule has 1 aromatic heterocycles. The van der Waals surface area contributed by atoms with Crippen LogP contribution in [0, 0.1) is 6.92 Å². The second-order valence-electron chi connectivity index (χ2n) is 5.21. The summed E-state index contributed by atoms with van der Waals surface area (Å²) >= 11 is 5.99. The number of benzene rings is 2. The molecule has 6 nitrogen and oxygen atoms in total. The van der Waals surface area contributed by atoms with E-state index in [1.807, 2.05) is 13.0 Å². The number of azo groups is 1. The molecule has 3 aromatic rings. The Hall–Kier alpha value is -2.73. The minimum absolute atomic E-state index is 0.0799. The van der Waals surface area contributed by atoms with E-state index in [2.05, 4.69) is 15.2 Å². The molecule has 0 fully saturated rings. The highest BCUT2D eigenvalue weighted by Gasteiger charge is 2.15. The lowest BCUT2D eigenvalue weighted by Crippen LogP contribution is -1.89. The number of halogens is 1. The van der Waals surface area contributed by atoms with E-state index in [1.165, 1.54) is 0 Å². The van der Waals surface area contributed by atoms with Crippen molar-refractivity contribution in [2.24, 2.45) is 10.2 Å². The van der Waals surface area contributed by atoms with Crippen molar-refractivity contribution in [2.75, 3.05) is 14.2 Å². The topological polar surface area (TPSA) is 79.2 Å². The van der Waals surface area contributed by atoms with E-state index in [0.717, 1.165) is 5.56 Å². The molecular formula is C17H16ClN3O3. The Labute approximate surface area is 143 Å². The highest BCUT2D eigenvalue weighted by Crippen LogP contribution is 2.41. The predicted octanol–water partition coefficient (Wildman–Crippen LogP) is 5.27. The van der Waals surface area contributed by atoms with Gasteiger partial charge in [-0.05, 0) is 30.7 Å². The largest absolute Gasteiger partial charge is 0.493 e. The van der Waals surface area contributed by atoms with E-state index in [0.29, 0.717) is 38.8 Å². The van der Waals surface area contributed by atoms with Gasteiger partial charge in [-0.1, -0.05) is 17.7 Å². The van der Waals surface area contributed by atoms with Crippen molar-refractivity contribution in [1.82, 2.24) is 4.98 Å². The number of aromatic nitrogens is 1. The highest BCUT2D eigenvalue weighted by atomic mass is 35.5. The van der Waals surface area contributed by atoms with Crippen LogP contribution in [-0.4, -0.2) is 24.3 Å². The summed E-state index contributed by atoms with van der Waals surface area (Å²) in [4.78, 5) is 2.86. The normalized spacial score (nSPS) is 11.3. The lowest BCUT2D eigenvalue weighted by molar-refractivity contribution is 0.356. The van der Waals surface area contributed by atoms with Gasteiger partial charge >= 0.3 is 0 Å². The minimum Gasteiger partial charge on any atom is -0.493 e. The van der Waals surface area contributed by atoms with Crippen LogP contribution < -0.4 is 9.47 Å². The smallest absolute Gasteiger partial charge is 0.218 e. The van der Waals surface area contributed by atoms with Crippen LogP contribution in [0.5, 0.6) is 17.4 Å². The fourth-order valence-electron chi connectivity index (χ4n) is 2.39. The van der Waals surface area contributed by atoms with E-state index in [1.54, 1.807) is 38.5 Å². The highest BCUT2D eigenvalue weighted by molar-refractivity contribution is 6.30. The van der Waals surface area contributed by atoms with Crippen LogP contribution in [-0.2, 0) is 0 Å². The predicted molar refractivity (Wildman–Crippen MR) is 93.4 cm³/mol. The van der Waals surface area contributed by atoms with Crippen LogP contribution in [0.1, 0.15) is 5.56 Å². The molecule has 0 aliphatic rings. The first-order valence-corrected chi connectivity index (χ1v) is 7.56. The number of hydrogen-bond acceptors (Lipinski definition) is 5. The molecule has 124 valence electrons. The number of rotatable bonds is 4. The molecule has 0 saturated carbocycles. The summed E-state index contributed by atoms with van der Waals surface area (Å²) < 4.78 is 10.6. The lowest BCUT2D eigenvalue weighted by atomic mass is 10.2. The second-order valence-corrected chi connectivity index (χ2v) is 5.64. The fraction of sp³-hybridized carbons (Fsp3) is 0.176. The van der Waals surface area contributed by atoms with Gasteiger partial charge in [0.15, 0.2) is 17.2 Å². The molecule has 0 unspecified atom stereocenters. The third-order valence-corrected chi connectivity index (χ3v) is 3.92. The summed E-state index contributed by atoms with van der Waals surface area (Å²) in [6.45, 7) is 1.91. The van der Waals surface area contributed by atoms with Crippen LogP contribution in [0.4, 0.5) is 11.4 Å². The average Bonchev–Trinajstić information content (AvgIpc) is 2.88. The molecule has 2 aromatic carbocycles. The maximum atomic E-state index is 10.1. The molecule has 0 radical (unpaired) electrons. The first-order valence-electron chi connectivity index (χ1n) is 7.18. The van der Waals surface area contributed by atoms with E-state index in [4.69, 9.17) is 21.1 Å². The molecule has 0 amide bonds. The first kappa shape index (κ1) is 16.1. The van der Waals surface area contributed by atoms with Gasteiger partial charge in [0, 0.05) is 16.5 Å². The van der Waals surface area contributed by atoms with Crippen molar-refractivity contribution in [2.45, 2.75) is 6.92 Å². The molecule has 0 saturated heterocycles. The Kier molecular flexibility index (Phi) is 4.31. The maximum absolute atomic E-state index is 10.1. The van der Waals surface area contributed by atoms with Gasteiger partial charge in [-0.3, -0.25) is 0 Å². The number of hydrogen-bond donors (Lipinski definition) is 2. The molecule has 2 N–H and O–H groups in total. The van der Waals surface area contributed by atoms with E-state index >= 15 is 0 Å². The Morgan fingerprint density at radius 3 is 2.46 bits per heavy atom. The summed E-state index contributed by atoms with van der Waals surface area (Å²) in [5, 5.41) is 19.8. The Morgan fingerprint density at radius 1 is 1.04 bits per heavy atom. The zero-order valence-electron chi connectivity index (χ0n) is 13.4. The molecule has 7 heteroatoms. The number of aryl methyl sites for hydroxylation is 1. The molecule has 0 atom stereocenters. The SMILES string of the molecule is COc1cc2[nH]c(O)c(N=Nc3cc(Cl)ccc3C)c2cc1OC. The lowest BCUT2D eigenvalue weighted by Gasteiger charge is -2.07. The number of ether oxygens (including phenoxy) is 2. The number of nitrogens with zero attached hydrogens (tertiary/aromatic N) is 2. The molecule has 3 rings (SSSR count). The van der Waals surface area contributed by atoms with Crippen LogP contribution in [0.3, 0.4) is 0 Å². The Bertz CT molecular complexity index is 934. The number of nitrogens with one attached hydrogen (secondary N) is 1. The second kappa shape index (κ2) is 6.41. The maximum Gasteiger partial charge on any atom is 0.218 e. The number of H-pyrrole nitrogens is 1. The van der Waals surface area contributed by atoms with Crippen molar-refractivity contribution in [3.05, 3.63) is 40.9 Å². The van der Waals surface area contributed by atoms with Gasteiger partial charge in [-0.15, -0.1) is 5.11 Å². The quantitative estimate of drug-likeness (QED) is 0.632. The van der Waals surface area contributed by atoms with Crippen LogP contribution in [0.25, 0.3) is 10.9 Å². The molecule has 24 heavy (non-hydrogen) atoms. The van der Waals surface area contributed by atoms with Crippen LogP contribution in [0.15, 0.2) is 40.6 Å². The first-order chi connectivity index (χ1) is 11.5. The van der Waals surface area contributed by atoms with Gasteiger partial charge in [0.25, 0.3) is 0 Å². The summed E-state index contributed by atoms with van der Waals surface area (Å²) in [5.74, 6) is 1.02. The Balaban J connectivity index is 2.10. The molecule has 0 aliphatic carbocycles. The van der Waals surface area contributed by atoms with Gasteiger partial charge in [-0.25, -0.2) is 0 Å². The zero-order valence-corrected chi connectivity index (χ0v) is 14.2. The molecular weight excluding hydrogens is 330 g/mol. The van der Waals surface area contributed by atoms with Gasteiger partial charge in [0.1, 0.15) is 0 Å². The molecule has 0 spiro atoms. The van der Waals surface area contributed by atoms with Crippen LogP contribution in [0.2, 0.25) is 5.02 Å². The standard InChI is InChI=1S/C17H16ClN3O3/c1-9-4-5-10(18)6-12(9)20-21-16-11-7-14(23-2)15(24-3)8-13(11)19-17(16)22/h4-8,19,22H,1-3H3. The van der Waals surface area contributed by atoms with Crippen molar-refractivity contribution in [1.29, 1.82) is 0 Å². The Morgan fingerprint density at radius 2 is 1.75 bits per heavy atom. The zero-order chi connectivity index (χ0) is 17.3. The average molecular weight is 346 g/mol.